The Balaban J connectivity index is 2.26. The molecular formula is C19H17N2O4-. The number of amides is 2. The highest BCUT2D eigenvalue weighted by molar-refractivity contribution is 6.06. The van der Waals surface area contributed by atoms with E-state index in [1.54, 1.807) is 54.6 Å². The van der Waals surface area contributed by atoms with Crippen molar-refractivity contribution in [3.63, 3.8) is 0 Å². The smallest absolute Gasteiger partial charge is 0.268 e. The maximum Gasteiger partial charge on any atom is 0.268 e. The van der Waals surface area contributed by atoms with Gasteiger partial charge in [0.15, 0.2) is 0 Å². The molecule has 0 bridgehead atoms. The lowest BCUT2D eigenvalue weighted by molar-refractivity contribution is -0.307. The van der Waals surface area contributed by atoms with Crippen LogP contribution in [0.25, 0.3) is 6.08 Å². The van der Waals surface area contributed by atoms with E-state index in [1.165, 1.54) is 13.0 Å². The Morgan fingerprint density at radius 2 is 1.52 bits per heavy atom. The molecule has 0 aliphatic carbocycles. The molecular weight excluding hydrogens is 320 g/mol. The van der Waals surface area contributed by atoms with Crippen LogP contribution in [0.2, 0.25) is 0 Å². The van der Waals surface area contributed by atoms with E-state index in [4.69, 9.17) is 0 Å². The van der Waals surface area contributed by atoms with Gasteiger partial charge in [-0.2, -0.15) is 0 Å². The Morgan fingerprint density at radius 1 is 0.960 bits per heavy atom. The molecule has 2 aromatic rings. The fourth-order valence-corrected chi connectivity index (χ4v) is 1.99. The van der Waals surface area contributed by atoms with E-state index < -0.39 is 23.8 Å². The number of carboxylic acid groups (broad SMARTS) is 1. The fourth-order valence-electron chi connectivity index (χ4n) is 1.99. The second kappa shape index (κ2) is 8.44. The van der Waals surface area contributed by atoms with E-state index in [1.807, 2.05) is 6.07 Å². The zero-order chi connectivity index (χ0) is 18.2. The van der Waals surface area contributed by atoms with E-state index in [9.17, 15) is 19.5 Å². The standard InChI is InChI=1S/C19H18N2O4/c1-13(19(24)25)20-18(23)16(12-14-8-4-2-5-9-14)21-17(22)15-10-6-3-7-11-15/h2-13H,1H3,(H,20,23)(H,21,22)(H,24,25)/p-1/b16-12-/t13-/m0/s1. The van der Waals surface area contributed by atoms with Crippen molar-refractivity contribution < 1.29 is 19.5 Å². The predicted molar refractivity (Wildman–Crippen MR) is 90.9 cm³/mol. The van der Waals surface area contributed by atoms with Gasteiger partial charge in [-0.1, -0.05) is 48.5 Å². The van der Waals surface area contributed by atoms with Gasteiger partial charge in [0.25, 0.3) is 11.8 Å². The number of aliphatic carboxylic acids is 1. The molecule has 0 aliphatic heterocycles. The third-order valence-corrected chi connectivity index (χ3v) is 3.34. The van der Waals surface area contributed by atoms with Gasteiger partial charge in [-0.15, -0.1) is 0 Å². The highest BCUT2D eigenvalue weighted by Crippen LogP contribution is 2.07. The van der Waals surface area contributed by atoms with Gasteiger partial charge in [-0.05, 0) is 30.7 Å². The van der Waals surface area contributed by atoms with Crippen LogP contribution in [-0.4, -0.2) is 23.8 Å². The molecule has 2 N–H and O–H groups in total. The summed E-state index contributed by atoms with van der Waals surface area (Å²) < 4.78 is 0. The maximum absolute atomic E-state index is 12.3. The van der Waals surface area contributed by atoms with Gasteiger partial charge < -0.3 is 20.5 Å². The lowest BCUT2D eigenvalue weighted by Crippen LogP contribution is -2.48. The second-order valence-electron chi connectivity index (χ2n) is 5.30. The van der Waals surface area contributed by atoms with Crippen LogP contribution in [0.3, 0.4) is 0 Å². The summed E-state index contributed by atoms with van der Waals surface area (Å²) in [5, 5.41) is 15.6. The summed E-state index contributed by atoms with van der Waals surface area (Å²) in [4.78, 5) is 35.5. The topological polar surface area (TPSA) is 98.3 Å². The molecule has 2 rings (SSSR count). The van der Waals surface area contributed by atoms with Gasteiger partial charge in [-0.3, -0.25) is 9.59 Å². The van der Waals surface area contributed by atoms with E-state index >= 15 is 0 Å². The molecule has 0 spiro atoms. The van der Waals surface area contributed by atoms with Gasteiger partial charge in [-0.25, -0.2) is 0 Å². The SMILES string of the molecule is C[C@H](NC(=O)/C(=C/c1ccccc1)NC(=O)c1ccccc1)C(=O)[O-]. The molecule has 0 aliphatic rings. The van der Waals surface area contributed by atoms with Crippen LogP contribution in [0.4, 0.5) is 0 Å². The average Bonchev–Trinajstić information content (AvgIpc) is 2.62. The first-order chi connectivity index (χ1) is 12.0. The van der Waals surface area contributed by atoms with Crippen LogP contribution in [0.1, 0.15) is 22.8 Å². The molecule has 0 saturated heterocycles. The number of carbonyl (C=O) groups excluding carboxylic acids is 3. The quantitative estimate of drug-likeness (QED) is 0.759. The molecule has 2 aromatic carbocycles. The van der Waals surface area contributed by atoms with Crippen LogP contribution >= 0.6 is 0 Å². The zero-order valence-electron chi connectivity index (χ0n) is 13.6. The number of benzene rings is 2. The van der Waals surface area contributed by atoms with Crippen LogP contribution < -0.4 is 15.7 Å². The summed E-state index contributed by atoms with van der Waals surface area (Å²) in [6.45, 7) is 1.28. The number of hydrogen-bond donors (Lipinski definition) is 2. The first kappa shape index (κ1) is 17.9. The van der Waals surface area contributed by atoms with Gasteiger partial charge in [0.05, 0.1) is 12.0 Å². The Morgan fingerprint density at radius 3 is 2.08 bits per heavy atom. The van der Waals surface area contributed by atoms with Crippen LogP contribution in [0.5, 0.6) is 0 Å². The maximum atomic E-state index is 12.3. The monoisotopic (exact) mass is 337 g/mol. The lowest BCUT2D eigenvalue weighted by Gasteiger charge is -2.17. The van der Waals surface area contributed by atoms with Crippen molar-refractivity contribution in [2.24, 2.45) is 0 Å². The van der Waals surface area contributed by atoms with Gasteiger partial charge >= 0.3 is 0 Å². The molecule has 0 aromatic heterocycles. The predicted octanol–water partition coefficient (Wildman–Crippen LogP) is 0.712. The Labute approximate surface area is 145 Å². The first-order valence-electron chi connectivity index (χ1n) is 7.62. The minimum absolute atomic E-state index is 0.0619. The van der Waals surface area contributed by atoms with Gasteiger partial charge in [0.1, 0.15) is 5.70 Å². The van der Waals surface area contributed by atoms with Crippen molar-refractivity contribution in [3.8, 4) is 0 Å². The van der Waals surface area contributed by atoms with E-state index in [-0.39, 0.29) is 5.70 Å². The number of rotatable bonds is 6. The lowest BCUT2D eigenvalue weighted by atomic mass is 10.1. The molecule has 2 amide bonds. The van der Waals surface area contributed by atoms with Gasteiger partial charge in [0.2, 0.25) is 0 Å². The highest BCUT2D eigenvalue weighted by Gasteiger charge is 2.16. The van der Waals surface area contributed by atoms with Crippen molar-refractivity contribution in [2.75, 3.05) is 0 Å². The molecule has 0 radical (unpaired) electrons. The Bertz CT molecular complexity index is 786. The number of hydrogen-bond acceptors (Lipinski definition) is 4. The van der Waals surface area contributed by atoms with E-state index in [2.05, 4.69) is 10.6 Å². The molecule has 25 heavy (non-hydrogen) atoms. The van der Waals surface area contributed by atoms with Crippen LogP contribution in [0, 0.1) is 0 Å². The average molecular weight is 337 g/mol. The molecule has 128 valence electrons. The van der Waals surface area contributed by atoms with Crippen LogP contribution in [0.15, 0.2) is 66.4 Å². The molecule has 0 heterocycles. The summed E-state index contributed by atoms with van der Waals surface area (Å²) in [6, 6.07) is 16.1. The molecule has 0 fully saturated rings. The number of carbonyl (C=O) groups is 3. The Hall–Kier alpha value is -3.41. The minimum atomic E-state index is -1.42. The normalized spacial score (nSPS) is 12.1. The molecule has 0 saturated carbocycles. The van der Waals surface area contributed by atoms with E-state index in [0.29, 0.717) is 11.1 Å². The molecule has 6 heteroatoms. The Kier molecular flexibility index (Phi) is 6.06. The highest BCUT2D eigenvalue weighted by atomic mass is 16.4. The summed E-state index contributed by atoms with van der Waals surface area (Å²) in [6.07, 6.45) is 1.47. The van der Waals surface area contributed by atoms with Gasteiger partial charge in [0, 0.05) is 5.56 Å². The summed E-state index contributed by atoms with van der Waals surface area (Å²) >= 11 is 0. The summed E-state index contributed by atoms with van der Waals surface area (Å²) in [7, 11) is 0. The largest absolute Gasteiger partial charge is 0.548 e. The molecule has 1 atom stereocenters. The molecule has 0 unspecified atom stereocenters. The third kappa shape index (κ3) is 5.31. The second-order valence-corrected chi connectivity index (χ2v) is 5.30. The first-order valence-corrected chi connectivity index (χ1v) is 7.62. The van der Waals surface area contributed by atoms with Crippen molar-refractivity contribution in [3.05, 3.63) is 77.5 Å². The summed E-state index contributed by atoms with van der Waals surface area (Å²) in [5.41, 5.74) is 0.998. The summed E-state index contributed by atoms with van der Waals surface area (Å²) in [5.74, 6) is -2.61. The van der Waals surface area contributed by atoms with Crippen LogP contribution in [-0.2, 0) is 9.59 Å². The number of carboxylic acids is 1. The van der Waals surface area contributed by atoms with Crippen molar-refractivity contribution in [1.82, 2.24) is 10.6 Å². The number of nitrogens with one attached hydrogen (secondary N) is 2. The minimum Gasteiger partial charge on any atom is -0.548 e. The van der Waals surface area contributed by atoms with E-state index in [0.717, 1.165) is 0 Å². The van der Waals surface area contributed by atoms with Crippen molar-refractivity contribution in [2.45, 2.75) is 13.0 Å². The molecule has 6 nitrogen and oxygen atoms in total. The zero-order valence-corrected chi connectivity index (χ0v) is 13.6. The fraction of sp³-hybridized carbons (Fsp3) is 0.105. The van der Waals surface area contributed by atoms with Crippen molar-refractivity contribution >= 4 is 23.9 Å². The van der Waals surface area contributed by atoms with Crippen molar-refractivity contribution in [1.29, 1.82) is 0 Å². The third-order valence-electron chi connectivity index (χ3n) is 3.34.